The highest BCUT2D eigenvalue weighted by Crippen LogP contribution is 2.35. The van der Waals surface area contributed by atoms with E-state index in [-0.39, 0.29) is 0 Å². The van der Waals surface area contributed by atoms with Crippen molar-refractivity contribution in [2.45, 2.75) is 38.1 Å². The molecule has 0 aromatic rings. The molecule has 1 N–H and O–H groups in total. The summed E-state index contributed by atoms with van der Waals surface area (Å²) in [6, 6.07) is 0.808. The number of ether oxygens (including phenoxy) is 1. The van der Waals surface area contributed by atoms with Gasteiger partial charge in [0.15, 0.2) is 0 Å². The number of methoxy groups -OCH3 is 1. The summed E-state index contributed by atoms with van der Waals surface area (Å²) in [7, 11) is 1.83. The summed E-state index contributed by atoms with van der Waals surface area (Å²) in [5.74, 6) is 1.74. The molecule has 0 amide bonds. The van der Waals surface area contributed by atoms with Crippen molar-refractivity contribution in [2.24, 2.45) is 11.8 Å². The Labute approximate surface area is 81.0 Å². The van der Waals surface area contributed by atoms with Gasteiger partial charge >= 0.3 is 0 Å². The number of rotatable bonds is 2. The second-order valence-corrected chi connectivity index (χ2v) is 4.51. The van der Waals surface area contributed by atoms with Gasteiger partial charge in [-0.15, -0.1) is 0 Å². The van der Waals surface area contributed by atoms with Gasteiger partial charge in [-0.25, -0.2) is 0 Å². The Morgan fingerprint density at radius 2 is 2.15 bits per heavy atom. The molecule has 2 heteroatoms. The van der Waals surface area contributed by atoms with E-state index < -0.39 is 0 Å². The summed E-state index contributed by atoms with van der Waals surface area (Å²) in [6.45, 7) is 2.21. The molecule has 1 heterocycles. The average Bonchev–Trinajstić information content (AvgIpc) is 2.19. The Balaban J connectivity index is 1.94. The zero-order chi connectivity index (χ0) is 9.10. The number of nitrogens with one attached hydrogen (secondary N) is 1. The molecular weight excluding hydrogens is 162 g/mol. The molecule has 2 fully saturated rings. The highest BCUT2D eigenvalue weighted by molar-refractivity contribution is 4.89. The zero-order valence-electron chi connectivity index (χ0n) is 8.59. The molecule has 2 aliphatic rings. The van der Waals surface area contributed by atoms with Gasteiger partial charge in [0.05, 0.1) is 0 Å². The number of hydrogen-bond donors (Lipinski definition) is 1. The van der Waals surface area contributed by atoms with Crippen molar-refractivity contribution in [3.8, 4) is 0 Å². The largest absolute Gasteiger partial charge is 0.384 e. The Bertz CT molecular complexity index is 156. The van der Waals surface area contributed by atoms with E-state index in [0.29, 0.717) is 0 Å². The predicted molar refractivity (Wildman–Crippen MR) is 53.7 cm³/mol. The third-order valence-corrected chi connectivity index (χ3v) is 3.71. The van der Waals surface area contributed by atoms with Crippen LogP contribution in [-0.2, 0) is 4.74 Å². The summed E-state index contributed by atoms with van der Waals surface area (Å²) in [4.78, 5) is 0. The molecule has 1 aliphatic carbocycles. The summed E-state index contributed by atoms with van der Waals surface area (Å²) >= 11 is 0. The molecule has 1 saturated heterocycles. The quantitative estimate of drug-likeness (QED) is 0.705. The monoisotopic (exact) mass is 183 g/mol. The molecule has 0 aromatic heterocycles. The lowest BCUT2D eigenvalue weighted by molar-refractivity contribution is 0.0598. The van der Waals surface area contributed by atoms with Crippen molar-refractivity contribution in [2.75, 3.05) is 20.3 Å². The van der Waals surface area contributed by atoms with Gasteiger partial charge < -0.3 is 10.1 Å². The van der Waals surface area contributed by atoms with Crippen LogP contribution in [-0.4, -0.2) is 26.3 Å². The van der Waals surface area contributed by atoms with Crippen LogP contribution in [0.2, 0.25) is 0 Å². The van der Waals surface area contributed by atoms with Crippen molar-refractivity contribution in [3.63, 3.8) is 0 Å². The second-order valence-electron chi connectivity index (χ2n) is 4.51. The second kappa shape index (κ2) is 4.43. The first-order valence-electron chi connectivity index (χ1n) is 5.64. The molecule has 1 saturated carbocycles. The lowest BCUT2D eigenvalue weighted by Gasteiger charge is -2.41. The Morgan fingerprint density at radius 3 is 3.00 bits per heavy atom. The number of hydrogen-bond acceptors (Lipinski definition) is 2. The van der Waals surface area contributed by atoms with E-state index >= 15 is 0 Å². The molecule has 3 unspecified atom stereocenters. The predicted octanol–water partition coefficient (Wildman–Crippen LogP) is 1.80. The normalized spacial score (nSPS) is 39.9. The molecule has 0 aromatic carbocycles. The summed E-state index contributed by atoms with van der Waals surface area (Å²) in [6.07, 6.45) is 6.96. The molecule has 3 atom stereocenters. The first-order chi connectivity index (χ1) is 6.42. The minimum absolute atomic E-state index is 0.808. The van der Waals surface area contributed by atoms with Crippen LogP contribution in [0.5, 0.6) is 0 Å². The van der Waals surface area contributed by atoms with Crippen molar-refractivity contribution in [1.29, 1.82) is 0 Å². The maximum absolute atomic E-state index is 5.30. The van der Waals surface area contributed by atoms with Crippen LogP contribution in [0, 0.1) is 11.8 Å². The van der Waals surface area contributed by atoms with Crippen molar-refractivity contribution < 1.29 is 4.74 Å². The first-order valence-corrected chi connectivity index (χ1v) is 5.64. The molecule has 76 valence electrons. The van der Waals surface area contributed by atoms with Gasteiger partial charge in [-0.2, -0.15) is 0 Å². The van der Waals surface area contributed by atoms with Crippen molar-refractivity contribution in [1.82, 2.24) is 5.32 Å². The molecule has 2 nitrogen and oxygen atoms in total. The van der Waals surface area contributed by atoms with Crippen LogP contribution in [0.25, 0.3) is 0 Å². The average molecular weight is 183 g/mol. The van der Waals surface area contributed by atoms with Gasteiger partial charge in [0.1, 0.15) is 0 Å². The molecule has 0 bridgehead atoms. The van der Waals surface area contributed by atoms with E-state index in [0.717, 1.165) is 24.5 Å². The van der Waals surface area contributed by atoms with Crippen LogP contribution in [0.4, 0.5) is 0 Å². The van der Waals surface area contributed by atoms with Gasteiger partial charge in [0.2, 0.25) is 0 Å². The Morgan fingerprint density at radius 1 is 1.23 bits per heavy atom. The minimum Gasteiger partial charge on any atom is -0.384 e. The fourth-order valence-electron chi connectivity index (χ4n) is 3.09. The Hall–Kier alpha value is -0.0800. The molecule has 13 heavy (non-hydrogen) atoms. The minimum atomic E-state index is 0.808. The molecule has 2 rings (SSSR count). The fraction of sp³-hybridized carbons (Fsp3) is 1.00. The van der Waals surface area contributed by atoms with Crippen LogP contribution in [0.15, 0.2) is 0 Å². The van der Waals surface area contributed by atoms with Crippen molar-refractivity contribution in [3.05, 3.63) is 0 Å². The first kappa shape index (κ1) is 9.47. The molecular formula is C11H21NO. The van der Waals surface area contributed by atoms with Crippen LogP contribution in [0.1, 0.15) is 32.1 Å². The lowest BCUT2D eigenvalue weighted by atomic mass is 9.72. The zero-order valence-corrected chi connectivity index (χ0v) is 8.59. The summed E-state index contributed by atoms with van der Waals surface area (Å²) in [5, 5.41) is 3.65. The van der Waals surface area contributed by atoms with Gasteiger partial charge in [0.25, 0.3) is 0 Å². The van der Waals surface area contributed by atoms with Gasteiger partial charge in [-0.05, 0) is 44.1 Å². The van der Waals surface area contributed by atoms with Crippen molar-refractivity contribution >= 4 is 0 Å². The van der Waals surface area contributed by atoms with E-state index in [1.165, 1.54) is 38.6 Å². The molecule has 0 radical (unpaired) electrons. The number of fused-ring (bicyclic) bond motifs is 1. The highest BCUT2D eigenvalue weighted by Gasteiger charge is 2.34. The maximum atomic E-state index is 5.30. The summed E-state index contributed by atoms with van der Waals surface area (Å²) < 4.78 is 5.30. The highest BCUT2D eigenvalue weighted by atomic mass is 16.5. The lowest BCUT2D eigenvalue weighted by Crippen LogP contribution is -2.47. The number of piperidine rings is 1. The van der Waals surface area contributed by atoms with E-state index in [9.17, 15) is 0 Å². The molecule has 1 aliphatic heterocycles. The molecule has 0 spiro atoms. The van der Waals surface area contributed by atoms with Crippen LogP contribution >= 0.6 is 0 Å². The third kappa shape index (κ3) is 2.05. The van der Waals surface area contributed by atoms with E-state index in [2.05, 4.69) is 5.32 Å². The fourth-order valence-corrected chi connectivity index (χ4v) is 3.09. The smallest absolute Gasteiger partial charge is 0.0493 e. The topological polar surface area (TPSA) is 21.3 Å². The Kier molecular flexibility index (Phi) is 3.23. The van der Waals surface area contributed by atoms with Gasteiger partial charge in [0, 0.05) is 19.8 Å². The van der Waals surface area contributed by atoms with E-state index in [1.807, 2.05) is 7.11 Å². The maximum Gasteiger partial charge on any atom is 0.0493 e. The van der Waals surface area contributed by atoms with Gasteiger partial charge in [-0.3, -0.25) is 0 Å². The third-order valence-electron chi connectivity index (χ3n) is 3.71. The van der Waals surface area contributed by atoms with Crippen LogP contribution < -0.4 is 5.32 Å². The standard InChI is InChI=1S/C11H21NO/c1-13-8-9-4-2-6-11-10(9)5-3-7-12-11/h9-12H,2-8H2,1H3. The SMILES string of the molecule is COCC1CCCC2NCCCC12. The van der Waals surface area contributed by atoms with E-state index in [1.54, 1.807) is 0 Å². The van der Waals surface area contributed by atoms with E-state index in [4.69, 9.17) is 4.74 Å². The summed E-state index contributed by atoms with van der Waals surface area (Å²) in [5.41, 5.74) is 0. The van der Waals surface area contributed by atoms with Crippen LogP contribution in [0.3, 0.4) is 0 Å². The van der Waals surface area contributed by atoms with Gasteiger partial charge in [-0.1, -0.05) is 6.42 Å².